The summed E-state index contributed by atoms with van der Waals surface area (Å²) in [7, 11) is -1.95. The molecule has 1 aliphatic rings. The van der Waals surface area contributed by atoms with Gasteiger partial charge in [0.1, 0.15) is 10.5 Å². The van der Waals surface area contributed by atoms with Crippen LogP contribution in [0.3, 0.4) is 0 Å². The molecule has 3 nitrogen and oxygen atoms in total. The molecule has 0 N–H and O–H groups in total. The second kappa shape index (κ2) is 8.54. The number of ether oxygens (including phenoxy) is 2. The van der Waals surface area contributed by atoms with E-state index in [1.54, 1.807) is 11.8 Å². The summed E-state index contributed by atoms with van der Waals surface area (Å²) >= 11 is 1.80. The van der Waals surface area contributed by atoms with Gasteiger partial charge in [0.25, 0.3) is 0 Å². The van der Waals surface area contributed by atoms with Crippen molar-refractivity contribution in [1.82, 2.24) is 0 Å². The third-order valence-electron chi connectivity index (χ3n) is 5.57. The van der Waals surface area contributed by atoms with E-state index in [0.717, 1.165) is 29.4 Å². The molecule has 2 rings (SSSR count). The van der Waals surface area contributed by atoms with Crippen molar-refractivity contribution in [1.29, 1.82) is 0 Å². The normalized spacial score (nSPS) is 24.6. The lowest BCUT2D eigenvalue weighted by Gasteiger charge is -2.52. The first-order chi connectivity index (χ1) is 11.6. The molecule has 1 fully saturated rings. The van der Waals surface area contributed by atoms with Gasteiger partial charge in [-0.25, -0.2) is 0 Å². The molecule has 1 saturated heterocycles. The highest BCUT2D eigenvalue weighted by Gasteiger charge is 2.63. The topological polar surface area (TPSA) is 35.5 Å². The molecule has 0 radical (unpaired) electrons. The summed E-state index contributed by atoms with van der Waals surface area (Å²) in [6, 6.07) is 13.4. The van der Waals surface area contributed by atoms with Gasteiger partial charge >= 0.3 is 5.97 Å². The Hall–Kier alpha value is -0.783. The molecule has 134 valence electrons. The summed E-state index contributed by atoms with van der Waals surface area (Å²) in [5.74, 6) is 0.803. The minimum absolute atomic E-state index is 0.0548. The van der Waals surface area contributed by atoms with Gasteiger partial charge < -0.3 is 9.47 Å². The van der Waals surface area contributed by atoms with Gasteiger partial charge in [-0.15, -0.1) is 11.8 Å². The predicted octanol–water partition coefficient (Wildman–Crippen LogP) is 4.84. The zero-order chi connectivity index (χ0) is 17.6. The van der Waals surface area contributed by atoms with E-state index in [0.29, 0.717) is 13.2 Å². The first-order valence-electron chi connectivity index (χ1n) is 9.09. The lowest BCUT2D eigenvalue weighted by molar-refractivity contribution is -0.148. The van der Waals surface area contributed by atoms with E-state index in [9.17, 15) is 4.79 Å². The molecule has 1 aromatic rings. The molecule has 0 unspecified atom stereocenters. The average Bonchev–Trinajstić information content (AvgIpc) is 2.64. The summed E-state index contributed by atoms with van der Waals surface area (Å²) in [6.45, 7) is 9.74. The largest absolute Gasteiger partial charge is 0.465 e. The molecule has 1 aromatic carbocycles. The number of carbonyl (C=O) groups excluding carboxylic acids is 1. The van der Waals surface area contributed by atoms with Crippen molar-refractivity contribution in [2.45, 2.75) is 56.3 Å². The number of thioether (sulfide) groups is 1. The minimum Gasteiger partial charge on any atom is -0.465 e. The van der Waals surface area contributed by atoms with Crippen LogP contribution in [0.25, 0.3) is 0 Å². The van der Waals surface area contributed by atoms with E-state index in [1.165, 1.54) is 0 Å². The molecule has 1 aliphatic heterocycles. The second-order valence-electron chi connectivity index (χ2n) is 6.31. The summed E-state index contributed by atoms with van der Waals surface area (Å²) in [5, 5.41) is 0. The van der Waals surface area contributed by atoms with Crippen molar-refractivity contribution in [2.24, 2.45) is 0 Å². The maximum absolute atomic E-state index is 13.3. The number of hydrogen-bond donors (Lipinski definition) is 0. The number of benzene rings is 1. The Labute approximate surface area is 151 Å². The van der Waals surface area contributed by atoms with Crippen molar-refractivity contribution in [3.8, 4) is 0 Å². The van der Waals surface area contributed by atoms with E-state index in [4.69, 9.17) is 9.47 Å². The van der Waals surface area contributed by atoms with E-state index in [2.05, 4.69) is 32.9 Å². The Morgan fingerprint density at radius 1 is 1.21 bits per heavy atom. The van der Waals surface area contributed by atoms with Crippen molar-refractivity contribution < 1.29 is 14.3 Å². The van der Waals surface area contributed by atoms with Gasteiger partial charge in [-0.3, -0.25) is 4.79 Å². The van der Waals surface area contributed by atoms with E-state index in [-0.39, 0.29) is 12.1 Å². The zero-order valence-electron chi connectivity index (χ0n) is 15.3. The number of esters is 1. The fourth-order valence-electron chi connectivity index (χ4n) is 4.11. The van der Waals surface area contributed by atoms with Crippen LogP contribution in [0.15, 0.2) is 30.3 Å². The third-order valence-corrected chi connectivity index (χ3v) is 14.6. The summed E-state index contributed by atoms with van der Waals surface area (Å²) in [4.78, 5) is 13.3. The molecule has 0 aliphatic carbocycles. The Morgan fingerprint density at radius 2 is 1.83 bits per heavy atom. The number of hydrogen-bond acceptors (Lipinski definition) is 4. The fourth-order valence-corrected chi connectivity index (χ4v) is 12.4. The van der Waals surface area contributed by atoms with Crippen LogP contribution >= 0.6 is 11.8 Å². The molecule has 5 heteroatoms. The van der Waals surface area contributed by atoms with Crippen LogP contribution < -0.4 is 0 Å². The highest BCUT2D eigenvalue weighted by molar-refractivity contribution is 8.03. The molecular formula is C19H30O3SSi. The second-order valence-corrected chi connectivity index (χ2v) is 13.5. The van der Waals surface area contributed by atoms with Gasteiger partial charge in [-0.2, -0.15) is 0 Å². The van der Waals surface area contributed by atoms with Gasteiger partial charge in [0, 0.05) is 5.75 Å². The monoisotopic (exact) mass is 366 g/mol. The maximum Gasteiger partial charge on any atom is 0.322 e. The average molecular weight is 367 g/mol. The highest BCUT2D eigenvalue weighted by atomic mass is 32.2. The molecule has 0 amide bonds. The Balaban J connectivity index is 2.63. The van der Waals surface area contributed by atoms with Crippen molar-refractivity contribution in [3.05, 3.63) is 35.9 Å². The Morgan fingerprint density at radius 3 is 2.38 bits per heavy atom. The zero-order valence-corrected chi connectivity index (χ0v) is 17.2. The quantitative estimate of drug-likeness (QED) is 0.511. The van der Waals surface area contributed by atoms with Crippen molar-refractivity contribution in [2.75, 3.05) is 19.0 Å². The predicted molar refractivity (Wildman–Crippen MR) is 104 cm³/mol. The van der Waals surface area contributed by atoms with Crippen LogP contribution in [0.2, 0.25) is 18.1 Å². The van der Waals surface area contributed by atoms with Gasteiger partial charge in [0.15, 0.2) is 0 Å². The molecular weight excluding hydrogens is 336 g/mol. The molecule has 2 atom stereocenters. The molecule has 0 bridgehead atoms. The third kappa shape index (κ3) is 3.18. The lowest BCUT2D eigenvalue weighted by Crippen LogP contribution is -2.65. The number of carbonyl (C=O) groups is 1. The van der Waals surface area contributed by atoms with E-state index >= 15 is 0 Å². The van der Waals surface area contributed by atoms with Crippen LogP contribution in [0.1, 0.15) is 39.4 Å². The maximum atomic E-state index is 13.3. The van der Waals surface area contributed by atoms with Crippen LogP contribution in [-0.4, -0.2) is 37.4 Å². The van der Waals surface area contributed by atoms with Crippen molar-refractivity contribution in [3.63, 3.8) is 0 Å². The van der Waals surface area contributed by atoms with E-state index in [1.807, 2.05) is 25.1 Å². The van der Waals surface area contributed by atoms with Gasteiger partial charge in [0.05, 0.1) is 21.3 Å². The summed E-state index contributed by atoms with van der Waals surface area (Å²) < 4.78 is 11.4. The molecule has 24 heavy (non-hydrogen) atoms. The van der Waals surface area contributed by atoms with Gasteiger partial charge in [-0.05, 0) is 12.5 Å². The fraction of sp³-hybridized carbons (Fsp3) is 0.632. The van der Waals surface area contributed by atoms with E-state index < -0.39 is 12.4 Å². The van der Waals surface area contributed by atoms with Gasteiger partial charge in [0.2, 0.25) is 0 Å². The lowest BCUT2D eigenvalue weighted by atomic mass is 10.1. The molecule has 1 heterocycles. The van der Waals surface area contributed by atoms with Gasteiger partial charge in [-0.1, -0.05) is 69.2 Å². The Bertz CT molecular complexity index is 524. The standard InChI is InChI=1S/C19H30O3SSi/c1-5-21-18(20)19(24(6-2,7-3)8-4)17(22-14-15-23-19)16-12-10-9-11-13-16/h9-13,17H,5-8,14-15H2,1-4H3/t17-,19+/m0/s1. The number of rotatable bonds is 7. The molecule has 0 saturated carbocycles. The van der Waals surface area contributed by atoms with Crippen LogP contribution in [-0.2, 0) is 14.3 Å². The first-order valence-corrected chi connectivity index (χ1v) is 12.7. The summed E-state index contributed by atoms with van der Waals surface area (Å²) in [5.41, 5.74) is 1.10. The molecule has 0 spiro atoms. The van der Waals surface area contributed by atoms with Crippen LogP contribution in [0, 0.1) is 0 Å². The SMILES string of the molecule is CCOC(=O)[C@@]1([Si](CC)(CC)CC)SCCO[C@H]1c1ccccc1. The Kier molecular flexibility index (Phi) is 6.95. The van der Waals surface area contributed by atoms with Crippen LogP contribution in [0.4, 0.5) is 0 Å². The molecule has 0 aromatic heterocycles. The van der Waals surface area contributed by atoms with Crippen molar-refractivity contribution >= 4 is 25.8 Å². The van der Waals surface area contributed by atoms with Crippen LogP contribution in [0.5, 0.6) is 0 Å². The highest BCUT2D eigenvalue weighted by Crippen LogP contribution is 2.54. The first kappa shape index (κ1) is 19.5. The smallest absolute Gasteiger partial charge is 0.322 e. The summed E-state index contributed by atoms with van der Waals surface area (Å²) in [6.07, 6.45) is -0.206. The minimum atomic E-state index is -1.95.